The average Bonchev–Trinajstić information content (AvgIpc) is 3.57. The Hall–Kier alpha value is -2.12. The van der Waals surface area contributed by atoms with E-state index < -0.39 is 12.1 Å². The van der Waals surface area contributed by atoms with Crippen LogP contribution in [0.2, 0.25) is 0 Å². The predicted octanol–water partition coefficient (Wildman–Crippen LogP) is 1.67. The second kappa shape index (κ2) is 8.49. The summed E-state index contributed by atoms with van der Waals surface area (Å²) in [5.41, 5.74) is 0.895. The zero-order chi connectivity index (χ0) is 19.5. The SMILES string of the molecule is COc1ccc([C@@H]2[C@@H](C(=O)NCC3CCOCC3)OCC(=O)N2C2CC2)cc1. The third-order valence-electron chi connectivity index (χ3n) is 5.82. The van der Waals surface area contributed by atoms with Gasteiger partial charge in [-0.3, -0.25) is 9.59 Å². The molecule has 0 radical (unpaired) electrons. The van der Waals surface area contributed by atoms with Crippen LogP contribution < -0.4 is 10.1 Å². The lowest BCUT2D eigenvalue weighted by atomic mass is 9.96. The molecule has 2 aliphatic heterocycles. The van der Waals surface area contributed by atoms with E-state index in [9.17, 15) is 9.59 Å². The van der Waals surface area contributed by atoms with Crippen LogP contribution in [0.5, 0.6) is 5.75 Å². The van der Waals surface area contributed by atoms with E-state index in [-0.39, 0.29) is 24.5 Å². The Bertz CT molecular complexity index is 697. The Morgan fingerprint density at radius 3 is 2.54 bits per heavy atom. The smallest absolute Gasteiger partial charge is 0.251 e. The molecule has 7 heteroatoms. The van der Waals surface area contributed by atoms with Gasteiger partial charge in [-0.15, -0.1) is 0 Å². The lowest BCUT2D eigenvalue weighted by molar-refractivity contribution is -0.165. The highest BCUT2D eigenvalue weighted by Crippen LogP contribution is 2.39. The molecule has 0 bridgehead atoms. The van der Waals surface area contributed by atoms with E-state index in [0.29, 0.717) is 12.5 Å². The van der Waals surface area contributed by atoms with Crippen LogP contribution in [0.3, 0.4) is 0 Å². The third kappa shape index (κ3) is 4.15. The second-order valence-electron chi connectivity index (χ2n) is 7.78. The van der Waals surface area contributed by atoms with E-state index in [2.05, 4.69) is 5.32 Å². The first-order valence-corrected chi connectivity index (χ1v) is 10.1. The average molecular weight is 388 g/mol. The molecule has 1 saturated carbocycles. The van der Waals surface area contributed by atoms with Crippen molar-refractivity contribution in [3.63, 3.8) is 0 Å². The van der Waals surface area contributed by atoms with E-state index in [1.807, 2.05) is 29.2 Å². The van der Waals surface area contributed by atoms with Crippen LogP contribution in [0.1, 0.15) is 37.3 Å². The van der Waals surface area contributed by atoms with E-state index in [4.69, 9.17) is 14.2 Å². The highest BCUT2D eigenvalue weighted by molar-refractivity contribution is 5.86. The number of hydrogen-bond acceptors (Lipinski definition) is 5. The summed E-state index contributed by atoms with van der Waals surface area (Å²) in [5.74, 6) is 0.981. The Labute approximate surface area is 165 Å². The number of carbonyl (C=O) groups excluding carboxylic acids is 2. The van der Waals surface area contributed by atoms with Crippen molar-refractivity contribution >= 4 is 11.8 Å². The molecule has 2 amide bonds. The van der Waals surface area contributed by atoms with Gasteiger partial charge in [0.1, 0.15) is 12.4 Å². The van der Waals surface area contributed by atoms with Crippen LogP contribution in [0.25, 0.3) is 0 Å². The molecule has 152 valence electrons. The minimum atomic E-state index is -0.702. The number of carbonyl (C=O) groups is 2. The summed E-state index contributed by atoms with van der Waals surface area (Å²) in [5, 5.41) is 3.06. The minimum absolute atomic E-state index is 0.0431. The summed E-state index contributed by atoms with van der Waals surface area (Å²) < 4.78 is 16.4. The summed E-state index contributed by atoms with van der Waals surface area (Å²) in [6.07, 6.45) is 3.18. The maximum absolute atomic E-state index is 13.0. The highest BCUT2D eigenvalue weighted by atomic mass is 16.5. The van der Waals surface area contributed by atoms with Crippen LogP contribution in [0, 0.1) is 5.92 Å². The number of amides is 2. The molecule has 1 N–H and O–H groups in total. The van der Waals surface area contributed by atoms with Gasteiger partial charge in [-0.05, 0) is 49.3 Å². The van der Waals surface area contributed by atoms with Crippen LogP contribution in [0.15, 0.2) is 24.3 Å². The van der Waals surface area contributed by atoms with Gasteiger partial charge in [0.15, 0.2) is 6.10 Å². The number of nitrogens with one attached hydrogen (secondary N) is 1. The summed E-state index contributed by atoms with van der Waals surface area (Å²) in [7, 11) is 1.62. The van der Waals surface area contributed by atoms with E-state index in [1.54, 1.807) is 7.11 Å². The summed E-state index contributed by atoms with van der Waals surface area (Å²) in [6.45, 7) is 2.07. The predicted molar refractivity (Wildman–Crippen MR) is 102 cm³/mol. The molecule has 2 heterocycles. The molecular weight excluding hydrogens is 360 g/mol. The number of ether oxygens (including phenoxy) is 3. The topological polar surface area (TPSA) is 77.1 Å². The molecule has 2 atom stereocenters. The lowest BCUT2D eigenvalue weighted by Gasteiger charge is -2.41. The first-order chi connectivity index (χ1) is 13.7. The van der Waals surface area contributed by atoms with Gasteiger partial charge < -0.3 is 24.4 Å². The van der Waals surface area contributed by atoms with Crippen molar-refractivity contribution in [2.75, 3.05) is 33.5 Å². The van der Waals surface area contributed by atoms with Gasteiger partial charge in [0.2, 0.25) is 5.91 Å². The van der Waals surface area contributed by atoms with Gasteiger partial charge in [-0.25, -0.2) is 0 Å². The van der Waals surface area contributed by atoms with E-state index in [1.165, 1.54) is 0 Å². The summed E-state index contributed by atoms with van der Waals surface area (Å²) >= 11 is 0. The van der Waals surface area contributed by atoms with Crippen LogP contribution in [-0.4, -0.2) is 62.3 Å². The standard InChI is InChI=1S/C21H28N2O5/c1-26-17-6-2-15(3-7-17)19-20(28-13-18(24)23(19)16-4-5-16)21(25)22-12-14-8-10-27-11-9-14/h2-3,6-7,14,16,19-20H,4-5,8-13H2,1H3,(H,22,25)/t19-,20+/m1/s1. The Morgan fingerprint density at radius 2 is 1.89 bits per heavy atom. The molecule has 0 unspecified atom stereocenters. The van der Waals surface area contributed by atoms with Crippen molar-refractivity contribution in [3.8, 4) is 5.75 Å². The first-order valence-electron chi connectivity index (χ1n) is 10.1. The quantitative estimate of drug-likeness (QED) is 0.802. The summed E-state index contributed by atoms with van der Waals surface area (Å²) in [6, 6.07) is 7.34. The minimum Gasteiger partial charge on any atom is -0.497 e. The fraction of sp³-hybridized carbons (Fsp3) is 0.619. The van der Waals surface area contributed by atoms with Gasteiger partial charge in [-0.1, -0.05) is 12.1 Å². The Balaban J connectivity index is 1.52. The largest absolute Gasteiger partial charge is 0.497 e. The number of benzene rings is 1. The van der Waals surface area contributed by atoms with E-state index in [0.717, 1.165) is 50.2 Å². The van der Waals surface area contributed by atoms with Crippen molar-refractivity contribution in [3.05, 3.63) is 29.8 Å². The third-order valence-corrected chi connectivity index (χ3v) is 5.82. The normalized spacial score (nSPS) is 26.2. The van der Waals surface area contributed by atoms with Crippen molar-refractivity contribution in [2.24, 2.45) is 5.92 Å². The highest BCUT2D eigenvalue weighted by Gasteiger charge is 2.47. The molecular formula is C21H28N2O5. The molecule has 3 fully saturated rings. The number of hydrogen-bond donors (Lipinski definition) is 1. The zero-order valence-corrected chi connectivity index (χ0v) is 16.3. The molecule has 3 aliphatic rings. The molecule has 1 aliphatic carbocycles. The number of rotatable bonds is 6. The van der Waals surface area contributed by atoms with Crippen molar-refractivity contribution in [1.29, 1.82) is 0 Å². The van der Waals surface area contributed by atoms with Crippen molar-refractivity contribution < 1.29 is 23.8 Å². The molecule has 4 rings (SSSR count). The second-order valence-corrected chi connectivity index (χ2v) is 7.78. The Kier molecular flexibility index (Phi) is 5.82. The zero-order valence-electron chi connectivity index (χ0n) is 16.3. The lowest BCUT2D eigenvalue weighted by Crippen LogP contribution is -2.55. The van der Waals surface area contributed by atoms with E-state index >= 15 is 0 Å². The maximum Gasteiger partial charge on any atom is 0.251 e. The van der Waals surface area contributed by atoms with Gasteiger partial charge in [0.05, 0.1) is 13.2 Å². The monoisotopic (exact) mass is 388 g/mol. The van der Waals surface area contributed by atoms with Crippen LogP contribution >= 0.6 is 0 Å². The maximum atomic E-state index is 13.0. The number of methoxy groups -OCH3 is 1. The van der Waals surface area contributed by atoms with Crippen LogP contribution in [-0.2, 0) is 19.1 Å². The molecule has 28 heavy (non-hydrogen) atoms. The summed E-state index contributed by atoms with van der Waals surface area (Å²) in [4.78, 5) is 27.5. The van der Waals surface area contributed by atoms with Gasteiger partial charge >= 0.3 is 0 Å². The van der Waals surface area contributed by atoms with Crippen LogP contribution in [0.4, 0.5) is 0 Å². The molecule has 7 nitrogen and oxygen atoms in total. The Morgan fingerprint density at radius 1 is 1.18 bits per heavy atom. The molecule has 2 saturated heterocycles. The fourth-order valence-corrected chi connectivity index (χ4v) is 4.06. The molecule has 1 aromatic rings. The van der Waals surface area contributed by atoms with Crippen molar-refractivity contribution in [1.82, 2.24) is 10.2 Å². The fourth-order valence-electron chi connectivity index (χ4n) is 4.06. The van der Waals surface area contributed by atoms with Crippen molar-refractivity contribution in [2.45, 2.75) is 43.9 Å². The van der Waals surface area contributed by atoms with Gasteiger partial charge in [-0.2, -0.15) is 0 Å². The molecule has 0 aromatic heterocycles. The molecule has 0 spiro atoms. The van der Waals surface area contributed by atoms with Gasteiger partial charge in [0, 0.05) is 25.8 Å². The first kappa shape index (κ1) is 19.2. The van der Waals surface area contributed by atoms with Gasteiger partial charge in [0.25, 0.3) is 5.91 Å². The number of morpholine rings is 1. The molecule has 1 aromatic carbocycles. The number of nitrogens with zero attached hydrogens (tertiary/aromatic N) is 1.